The number of methoxy groups -OCH3 is 1. The van der Waals surface area contributed by atoms with Crippen molar-refractivity contribution in [2.24, 2.45) is 0 Å². The Bertz CT molecular complexity index is 749. The van der Waals surface area contributed by atoms with Crippen molar-refractivity contribution >= 4 is 22.5 Å². The molecule has 0 aliphatic carbocycles. The molecule has 0 unspecified atom stereocenters. The predicted octanol–water partition coefficient (Wildman–Crippen LogP) is 2.22. The minimum absolute atomic E-state index is 0.283. The topological polar surface area (TPSA) is 79.9 Å². The molecule has 3 rings (SSSR count). The Labute approximate surface area is 114 Å². The molecule has 3 aromatic rings. The van der Waals surface area contributed by atoms with Crippen LogP contribution in [0.5, 0.6) is 5.88 Å². The van der Waals surface area contributed by atoms with Crippen LogP contribution in [0.25, 0.3) is 10.9 Å². The molecule has 0 aliphatic heterocycles. The van der Waals surface area contributed by atoms with Gasteiger partial charge in [-0.15, -0.1) is 0 Å². The molecule has 0 saturated heterocycles. The van der Waals surface area contributed by atoms with E-state index in [4.69, 9.17) is 4.74 Å². The van der Waals surface area contributed by atoms with Gasteiger partial charge in [0.25, 0.3) is 5.91 Å². The summed E-state index contributed by atoms with van der Waals surface area (Å²) >= 11 is 0. The number of benzene rings is 1. The quantitative estimate of drug-likeness (QED) is 0.763. The number of aromatic amines is 1. The van der Waals surface area contributed by atoms with E-state index in [0.29, 0.717) is 17.3 Å². The van der Waals surface area contributed by atoms with Crippen LogP contribution in [-0.4, -0.2) is 28.2 Å². The molecule has 2 aromatic heterocycles. The van der Waals surface area contributed by atoms with Gasteiger partial charge < -0.3 is 10.1 Å². The summed E-state index contributed by atoms with van der Waals surface area (Å²) in [7, 11) is 1.54. The van der Waals surface area contributed by atoms with Crippen LogP contribution in [-0.2, 0) is 0 Å². The number of carbonyl (C=O) groups excluding carboxylic acids is 1. The van der Waals surface area contributed by atoms with Crippen molar-refractivity contribution in [3.05, 3.63) is 48.3 Å². The Hall–Kier alpha value is -2.89. The lowest BCUT2D eigenvalue weighted by Gasteiger charge is -2.04. The zero-order chi connectivity index (χ0) is 13.9. The largest absolute Gasteiger partial charge is 0.481 e. The van der Waals surface area contributed by atoms with Gasteiger partial charge in [0, 0.05) is 11.5 Å². The maximum Gasteiger partial charge on any atom is 0.276 e. The normalized spacial score (nSPS) is 10.4. The maximum atomic E-state index is 12.2. The second-order valence-corrected chi connectivity index (χ2v) is 4.16. The molecule has 6 heteroatoms. The highest BCUT2D eigenvalue weighted by molar-refractivity contribution is 6.10. The van der Waals surface area contributed by atoms with Gasteiger partial charge in [-0.05, 0) is 12.1 Å². The Morgan fingerprint density at radius 3 is 2.85 bits per heavy atom. The number of hydrogen-bond donors (Lipinski definition) is 2. The van der Waals surface area contributed by atoms with Crippen LogP contribution < -0.4 is 10.1 Å². The van der Waals surface area contributed by atoms with Gasteiger partial charge in [-0.1, -0.05) is 18.2 Å². The van der Waals surface area contributed by atoms with Crippen LogP contribution in [0.3, 0.4) is 0 Å². The number of fused-ring (bicyclic) bond motifs is 1. The predicted molar refractivity (Wildman–Crippen MR) is 74.8 cm³/mol. The van der Waals surface area contributed by atoms with Crippen LogP contribution in [0.1, 0.15) is 10.5 Å². The summed E-state index contributed by atoms with van der Waals surface area (Å²) < 4.78 is 4.96. The van der Waals surface area contributed by atoms with E-state index in [2.05, 4.69) is 20.5 Å². The van der Waals surface area contributed by atoms with Gasteiger partial charge in [-0.3, -0.25) is 9.89 Å². The van der Waals surface area contributed by atoms with E-state index in [-0.39, 0.29) is 5.91 Å². The number of nitrogens with one attached hydrogen (secondary N) is 2. The van der Waals surface area contributed by atoms with E-state index in [1.165, 1.54) is 13.3 Å². The maximum absolute atomic E-state index is 12.2. The highest BCUT2D eigenvalue weighted by Crippen LogP contribution is 2.17. The van der Waals surface area contributed by atoms with Crippen molar-refractivity contribution in [2.75, 3.05) is 12.4 Å². The van der Waals surface area contributed by atoms with Gasteiger partial charge in [0.2, 0.25) is 5.88 Å². The highest BCUT2D eigenvalue weighted by Gasteiger charge is 2.13. The molecule has 2 heterocycles. The lowest BCUT2D eigenvalue weighted by atomic mass is 10.2. The van der Waals surface area contributed by atoms with Crippen LogP contribution in [0.15, 0.2) is 42.6 Å². The molecule has 20 heavy (non-hydrogen) atoms. The van der Waals surface area contributed by atoms with Crippen molar-refractivity contribution in [2.45, 2.75) is 0 Å². The van der Waals surface area contributed by atoms with E-state index < -0.39 is 0 Å². The number of H-pyrrole nitrogens is 1. The molecule has 0 saturated carbocycles. The summed E-state index contributed by atoms with van der Waals surface area (Å²) in [6, 6.07) is 10.9. The molecular formula is C14H12N4O2. The summed E-state index contributed by atoms with van der Waals surface area (Å²) in [6.45, 7) is 0. The average Bonchev–Trinajstić information content (AvgIpc) is 2.92. The van der Waals surface area contributed by atoms with Crippen molar-refractivity contribution in [1.29, 1.82) is 0 Å². The van der Waals surface area contributed by atoms with Gasteiger partial charge in [0.15, 0.2) is 5.69 Å². The number of anilines is 1. The molecule has 0 spiro atoms. The number of para-hydroxylation sites is 1. The number of pyridine rings is 1. The minimum Gasteiger partial charge on any atom is -0.481 e. The van der Waals surface area contributed by atoms with Crippen LogP contribution in [0.2, 0.25) is 0 Å². The Morgan fingerprint density at radius 1 is 1.25 bits per heavy atom. The Balaban J connectivity index is 1.85. The first-order chi connectivity index (χ1) is 9.78. The first-order valence-corrected chi connectivity index (χ1v) is 6.02. The van der Waals surface area contributed by atoms with Crippen LogP contribution in [0.4, 0.5) is 5.69 Å². The Morgan fingerprint density at radius 2 is 2.10 bits per heavy atom. The third-order valence-electron chi connectivity index (χ3n) is 2.89. The van der Waals surface area contributed by atoms with Crippen molar-refractivity contribution < 1.29 is 9.53 Å². The highest BCUT2D eigenvalue weighted by atomic mass is 16.5. The van der Waals surface area contributed by atoms with Crippen molar-refractivity contribution in [1.82, 2.24) is 15.2 Å². The van der Waals surface area contributed by atoms with Gasteiger partial charge in [-0.2, -0.15) is 5.10 Å². The first kappa shape index (κ1) is 12.2. The molecule has 100 valence electrons. The number of hydrogen-bond acceptors (Lipinski definition) is 4. The second-order valence-electron chi connectivity index (χ2n) is 4.16. The lowest BCUT2D eigenvalue weighted by molar-refractivity contribution is 0.102. The van der Waals surface area contributed by atoms with E-state index in [1.54, 1.807) is 12.1 Å². The van der Waals surface area contributed by atoms with Gasteiger partial charge in [0.1, 0.15) is 0 Å². The molecule has 0 aliphatic rings. The fourth-order valence-corrected chi connectivity index (χ4v) is 1.90. The van der Waals surface area contributed by atoms with E-state index >= 15 is 0 Å². The lowest BCUT2D eigenvalue weighted by Crippen LogP contribution is -2.13. The average molecular weight is 268 g/mol. The SMILES string of the molecule is COc1ccc(NC(=O)c2n[nH]c3ccccc23)cn1. The zero-order valence-electron chi connectivity index (χ0n) is 10.8. The number of ether oxygens (including phenoxy) is 1. The minimum atomic E-state index is -0.283. The molecule has 0 bridgehead atoms. The van der Waals surface area contributed by atoms with E-state index in [9.17, 15) is 4.79 Å². The van der Waals surface area contributed by atoms with E-state index in [0.717, 1.165) is 10.9 Å². The fraction of sp³-hybridized carbons (Fsp3) is 0.0714. The fourth-order valence-electron chi connectivity index (χ4n) is 1.90. The molecule has 2 N–H and O–H groups in total. The van der Waals surface area contributed by atoms with Gasteiger partial charge in [0.05, 0.1) is 24.5 Å². The summed E-state index contributed by atoms with van der Waals surface area (Å²) in [5, 5.41) is 10.4. The molecule has 1 amide bonds. The molecule has 0 fully saturated rings. The zero-order valence-corrected chi connectivity index (χ0v) is 10.8. The first-order valence-electron chi connectivity index (χ1n) is 6.02. The number of carbonyl (C=O) groups is 1. The summed E-state index contributed by atoms with van der Waals surface area (Å²) in [5.74, 6) is 0.211. The van der Waals surface area contributed by atoms with Gasteiger partial charge >= 0.3 is 0 Å². The molecule has 0 radical (unpaired) electrons. The van der Waals surface area contributed by atoms with E-state index in [1.807, 2.05) is 24.3 Å². The smallest absolute Gasteiger partial charge is 0.276 e. The number of aromatic nitrogens is 3. The van der Waals surface area contributed by atoms with Crippen molar-refractivity contribution in [3.63, 3.8) is 0 Å². The van der Waals surface area contributed by atoms with Crippen LogP contribution >= 0.6 is 0 Å². The van der Waals surface area contributed by atoms with Gasteiger partial charge in [-0.25, -0.2) is 4.98 Å². The Kier molecular flexibility index (Phi) is 3.04. The number of rotatable bonds is 3. The van der Waals surface area contributed by atoms with Crippen molar-refractivity contribution in [3.8, 4) is 5.88 Å². The molecule has 0 atom stereocenters. The summed E-state index contributed by atoms with van der Waals surface area (Å²) in [6.07, 6.45) is 1.53. The standard InChI is InChI=1S/C14H12N4O2/c1-20-12-7-6-9(8-15-12)16-14(19)13-10-4-2-3-5-11(10)17-18-13/h2-8H,1H3,(H,16,19)(H,17,18). The number of amides is 1. The molecular weight excluding hydrogens is 256 g/mol. The van der Waals surface area contributed by atoms with Crippen LogP contribution in [0, 0.1) is 0 Å². The monoisotopic (exact) mass is 268 g/mol. The third kappa shape index (κ3) is 2.18. The summed E-state index contributed by atoms with van der Waals surface area (Å²) in [4.78, 5) is 16.2. The summed E-state index contributed by atoms with van der Waals surface area (Å²) in [5.41, 5.74) is 1.77. The second kappa shape index (κ2) is 5.00. The molecule has 6 nitrogen and oxygen atoms in total. The third-order valence-corrected chi connectivity index (χ3v) is 2.89. The molecule has 1 aromatic carbocycles. The number of nitrogens with zero attached hydrogens (tertiary/aromatic N) is 2.